The first-order valence-electron chi connectivity index (χ1n) is 10.9. The Kier molecular flexibility index (Phi) is 9.57. The summed E-state index contributed by atoms with van der Waals surface area (Å²) in [7, 11) is 1.33. The fourth-order valence-corrected chi connectivity index (χ4v) is 2.93. The molecule has 186 valence electrons. The quantitative estimate of drug-likeness (QED) is 0.392. The highest BCUT2D eigenvalue weighted by Gasteiger charge is 2.23. The first-order valence-corrected chi connectivity index (χ1v) is 10.9. The summed E-state index contributed by atoms with van der Waals surface area (Å²) in [6.07, 6.45) is 1.39. The van der Waals surface area contributed by atoms with Gasteiger partial charge in [0.1, 0.15) is 18.0 Å². The molecule has 2 rings (SSSR count). The molecule has 2 aromatic rings. The number of benzene rings is 2. The Hall–Kier alpha value is -4.14. The molecule has 1 atom stereocenters. The molecule has 0 aliphatic heterocycles. The number of methoxy groups -OCH3 is 1. The SMILES string of the molecule is COC(=O)c1ccc(COc2ccc(CC(NC(=O)OC(C)(C)C)C(=O)/C=C/C(N)=O)cc2)cc1. The third kappa shape index (κ3) is 9.71. The third-order valence-electron chi connectivity index (χ3n) is 4.59. The summed E-state index contributed by atoms with van der Waals surface area (Å²) in [5.74, 6) is -1.07. The van der Waals surface area contributed by atoms with Gasteiger partial charge in [-0.3, -0.25) is 9.59 Å². The molecule has 0 aliphatic carbocycles. The van der Waals surface area contributed by atoms with E-state index in [-0.39, 0.29) is 6.42 Å². The number of nitrogens with one attached hydrogen (secondary N) is 1. The van der Waals surface area contributed by atoms with E-state index in [9.17, 15) is 19.2 Å². The lowest BCUT2D eigenvalue weighted by molar-refractivity contribution is -0.117. The van der Waals surface area contributed by atoms with Crippen molar-refractivity contribution >= 4 is 23.8 Å². The summed E-state index contributed by atoms with van der Waals surface area (Å²) < 4.78 is 15.7. The molecule has 0 bridgehead atoms. The molecule has 35 heavy (non-hydrogen) atoms. The number of primary amides is 1. The number of carbonyl (C=O) groups excluding carboxylic acids is 4. The van der Waals surface area contributed by atoms with Crippen LogP contribution < -0.4 is 15.8 Å². The minimum atomic E-state index is -0.958. The second kappa shape index (κ2) is 12.4. The van der Waals surface area contributed by atoms with Crippen LogP contribution in [0.3, 0.4) is 0 Å². The number of carbonyl (C=O) groups is 4. The van der Waals surface area contributed by atoms with Crippen molar-refractivity contribution in [2.24, 2.45) is 5.73 Å². The minimum absolute atomic E-state index is 0.163. The van der Waals surface area contributed by atoms with Crippen molar-refractivity contribution in [2.45, 2.75) is 45.4 Å². The van der Waals surface area contributed by atoms with Crippen molar-refractivity contribution in [1.82, 2.24) is 5.32 Å². The zero-order valence-electron chi connectivity index (χ0n) is 20.2. The molecule has 9 nitrogen and oxygen atoms in total. The lowest BCUT2D eigenvalue weighted by atomic mass is 10.0. The normalized spacial score (nSPS) is 12.0. The monoisotopic (exact) mass is 482 g/mol. The van der Waals surface area contributed by atoms with Gasteiger partial charge in [0.2, 0.25) is 5.91 Å². The topological polar surface area (TPSA) is 134 Å². The van der Waals surface area contributed by atoms with E-state index in [1.165, 1.54) is 7.11 Å². The van der Waals surface area contributed by atoms with E-state index in [0.29, 0.717) is 17.9 Å². The van der Waals surface area contributed by atoms with Gasteiger partial charge in [-0.15, -0.1) is 0 Å². The second-order valence-electron chi connectivity index (χ2n) is 8.66. The fourth-order valence-electron chi connectivity index (χ4n) is 2.93. The largest absolute Gasteiger partial charge is 0.489 e. The van der Waals surface area contributed by atoms with Crippen molar-refractivity contribution in [3.05, 3.63) is 77.4 Å². The molecule has 0 heterocycles. The van der Waals surface area contributed by atoms with Gasteiger partial charge in [-0.05, 0) is 62.2 Å². The van der Waals surface area contributed by atoms with E-state index in [4.69, 9.17) is 15.2 Å². The molecule has 0 fully saturated rings. The number of amides is 2. The second-order valence-corrected chi connectivity index (χ2v) is 8.66. The van der Waals surface area contributed by atoms with E-state index in [1.54, 1.807) is 69.3 Å². The molecule has 2 aromatic carbocycles. The van der Waals surface area contributed by atoms with E-state index >= 15 is 0 Å². The van der Waals surface area contributed by atoms with Crippen LogP contribution in [0.15, 0.2) is 60.7 Å². The number of esters is 1. The molecule has 2 amide bonds. The average Bonchev–Trinajstić information content (AvgIpc) is 2.80. The molecule has 3 N–H and O–H groups in total. The maximum atomic E-state index is 12.5. The number of hydrogen-bond acceptors (Lipinski definition) is 7. The molecule has 0 spiro atoms. The molecule has 0 aliphatic rings. The Bertz CT molecular complexity index is 1070. The molecule has 0 saturated carbocycles. The third-order valence-corrected chi connectivity index (χ3v) is 4.59. The van der Waals surface area contributed by atoms with Gasteiger partial charge in [-0.1, -0.05) is 24.3 Å². The smallest absolute Gasteiger partial charge is 0.408 e. The molecular weight excluding hydrogens is 452 g/mol. The summed E-state index contributed by atoms with van der Waals surface area (Å²) in [5.41, 5.74) is 6.41. The number of ketones is 1. The van der Waals surface area contributed by atoms with Crippen molar-refractivity contribution in [2.75, 3.05) is 7.11 Å². The Labute approximate surface area is 204 Å². The van der Waals surface area contributed by atoms with Gasteiger partial charge >= 0.3 is 12.1 Å². The maximum absolute atomic E-state index is 12.5. The lowest BCUT2D eigenvalue weighted by Gasteiger charge is -2.22. The van der Waals surface area contributed by atoms with Crippen LogP contribution in [0.2, 0.25) is 0 Å². The van der Waals surface area contributed by atoms with Crippen molar-refractivity contribution in [1.29, 1.82) is 0 Å². The Morgan fingerprint density at radius 1 is 0.943 bits per heavy atom. The fraction of sp³-hybridized carbons (Fsp3) is 0.308. The van der Waals surface area contributed by atoms with E-state index < -0.39 is 35.4 Å². The maximum Gasteiger partial charge on any atom is 0.408 e. The van der Waals surface area contributed by atoms with E-state index in [0.717, 1.165) is 23.3 Å². The van der Waals surface area contributed by atoms with Crippen LogP contribution in [0.25, 0.3) is 0 Å². The molecular formula is C26H30N2O7. The predicted octanol–water partition coefficient (Wildman–Crippen LogP) is 3.10. The highest BCUT2D eigenvalue weighted by molar-refractivity contribution is 6.01. The standard InChI is InChI=1S/C26H30N2O7/c1-26(2,3)35-25(32)28-21(22(29)13-14-23(27)30)15-17-7-11-20(12-8-17)34-16-18-5-9-19(10-6-18)24(31)33-4/h5-14,21H,15-16H2,1-4H3,(H2,27,30)(H,28,32)/b14-13+. The number of nitrogens with two attached hydrogens (primary N) is 1. The van der Waals surface area contributed by atoms with Gasteiger partial charge < -0.3 is 25.3 Å². The van der Waals surface area contributed by atoms with Crippen molar-refractivity contribution < 1.29 is 33.4 Å². The molecule has 0 aromatic heterocycles. The average molecular weight is 483 g/mol. The van der Waals surface area contributed by atoms with E-state index in [1.807, 2.05) is 0 Å². The highest BCUT2D eigenvalue weighted by atomic mass is 16.6. The zero-order chi connectivity index (χ0) is 26.0. The molecule has 0 radical (unpaired) electrons. The Morgan fingerprint density at radius 2 is 1.54 bits per heavy atom. The summed E-state index contributed by atoms with van der Waals surface area (Å²) in [4.78, 5) is 47.3. The molecule has 0 saturated heterocycles. The van der Waals surface area contributed by atoms with Crippen LogP contribution >= 0.6 is 0 Å². The summed E-state index contributed by atoms with van der Waals surface area (Å²) in [6.45, 7) is 5.42. The van der Waals surface area contributed by atoms with Gasteiger partial charge in [-0.2, -0.15) is 0 Å². The number of alkyl carbamates (subject to hydrolysis) is 1. The van der Waals surface area contributed by atoms with Gasteiger partial charge in [0.25, 0.3) is 0 Å². The highest BCUT2D eigenvalue weighted by Crippen LogP contribution is 2.17. The van der Waals surface area contributed by atoms with Crippen LogP contribution in [0.1, 0.15) is 42.3 Å². The van der Waals surface area contributed by atoms with Gasteiger partial charge in [0, 0.05) is 12.5 Å². The number of rotatable bonds is 10. The van der Waals surface area contributed by atoms with Gasteiger partial charge in [-0.25, -0.2) is 9.59 Å². The number of hydrogen-bond donors (Lipinski definition) is 2. The van der Waals surface area contributed by atoms with Crippen LogP contribution in [0, 0.1) is 0 Å². The van der Waals surface area contributed by atoms with Crippen LogP contribution in [0.4, 0.5) is 4.79 Å². The van der Waals surface area contributed by atoms with E-state index in [2.05, 4.69) is 10.1 Å². The molecule has 9 heteroatoms. The summed E-state index contributed by atoms with van der Waals surface area (Å²) in [5, 5.41) is 2.55. The van der Waals surface area contributed by atoms with Crippen LogP contribution in [0.5, 0.6) is 5.75 Å². The van der Waals surface area contributed by atoms with Crippen LogP contribution in [-0.2, 0) is 32.1 Å². The number of ether oxygens (including phenoxy) is 3. The van der Waals surface area contributed by atoms with Crippen molar-refractivity contribution in [3.8, 4) is 5.75 Å². The predicted molar refractivity (Wildman–Crippen MR) is 129 cm³/mol. The Balaban J connectivity index is 2.03. The van der Waals surface area contributed by atoms with Gasteiger partial charge in [0.15, 0.2) is 5.78 Å². The van der Waals surface area contributed by atoms with Crippen molar-refractivity contribution in [3.63, 3.8) is 0 Å². The first kappa shape index (κ1) is 27.1. The van der Waals surface area contributed by atoms with Gasteiger partial charge in [0.05, 0.1) is 18.7 Å². The lowest BCUT2D eigenvalue weighted by Crippen LogP contribution is -2.44. The van der Waals surface area contributed by atoms with Crippen LogP contribution in [-0.4, -0.2) is 42.5 Å². The molecule has 1 unspecified atom stereocenters. The first-order chi connectivity index (χ1) is 16.5. The zero-order valence-corrected chi connectivity index (χ0v) is 20.2. The minimum Gasteiger partial charge on any atom is -0.489 e. The summed E-state index contributed by atoms with van der Waals surface area (Å²) >= 11 is 0. The summed E-state index contributed by atoms with van der Waals surface area (Å²) in [6, 6.07) is 12.9. The Morgan fingerprint density at radius 3 is 2.09 bits per heavy atom.